The highest BCUT2D eigenvalue weighted by Crippen LogP contribution is 2.14. The van der Waals surface area contributed by atoms with Crippen molar-refractivity contribution in [1.29, 1.82) is 0 Å². The maximum absolute atomic E-state index is 11.4. The molecule has 5 heteroatoms. The molecule has 1 fully saturated rings. The molecule has 0 unspecified atom stereocenters. The molecule has 1 heterocycles. The summed E-state index contributed by atoms with van der Waals surface area (Å²) in [7, 11) is 3.97. The van der Waals surface area contributed by atoms with Crippen molar-refractivity contribution in [2.24, 2.45) is 0 Å². The number of carbonyl (C=O) groups is 1. The molecule has 0 radical (unpaired) electrons. The maximum Gasteiger partial charge on any atom is 0.273 e. The van der Waals surface area contributed by atoms with Gasteiger partial charge in [-0.2, -0.15) is 0 Å². The number of carbonyl (C=O) groups excluding carboxylic acids is 1. The molecule has 0 aromatic heterocycles. The molecule has 1 aromatic carbocycles. The highest BCUT2D eigenvalue weighted by molar-refractivity contribution is 7.80. The van der Waals surface area contributed by atoms with Gasteiger partial charge in [0.2, 0.25) is 0 Å². The van der Waals surface area contributed by atoms with Crippen LogP contribution < -0.4 is 15.5 Å². The number of rotatable bonds is 2. The predicted molar refractivity (Wildman–Crippen MR) is 72.6 cm³/mol. The molecule has 0 atom stereocenters. The normalized spacial score (nSPS) is 16.9. The highest BCUT2D eigenvalue weighted by atomic mass is 32.1. The van der Waals surface area contributed by atoms with Gasteiger partial charge in [0.1, 0.15) is 5.70 Å². The Kier molecular flexibility index (Phi) is 3.10. The minimum Gasteiger partial charge on any atom is -0.378 e. The topological polar surface area (TPSA) is 44.4 Å². The molecule has 2 rings (SSSR count). The average molecular weight is 247 g/mol. The van der Waals surface area contributed by atoms with Gasteiger partial charge in [-0.25, -0.2) is 0 Å². The first-order chi connectivity index (χ1) is 8.06. The molecule has 0 saturated carbocycles. The van der Waals surface area contributed by atoms with E-state index in [2.05, 4.69) is 10.6 Å². The molecule has 4 nitrogen and oxygen atoms in total. The lowest BCUT2D eigenvalue weighted by molar-refractivity contribution is -0.115. The predicted octanol–water partition coefficient (Wildman–Crippen LogP) is 1.10. The number of thiocarbonyl (C=S) groups is 1. The Hall–Kier alpha value is -1.88. The van der Waals surface area contributed by atoms with Crippen LogP contribution in [0.3, 0.4) is 0 Å². The van der Waals surface area contributed by atoms with Crippen molar-refractivity contribution < 1.29 is 4.79 Å². The van der Waals surface area contributed by atoms with Gasteiger partial charge in [-0.3, -0.25) is 10.1 Å². The standard InChI is InChI=1S/C12H13N3OS/c1-15(2)9-5-3-8(4-6-9)7-10-11(16)14-12(17)13-10/h3-7H,1-2H3,(H2,13,14,16,17)/b10-7-. The van der Waals surface area contributed by atoms with Crippen molar-refractivity contribution in [2.45, 2.75) is 0 Å². The van der Waals surface area contributed by atoms with Crippen LogP contribution in [0.25, 0.3) is 6.08 Å². The molecule has 17 heavy (non-hydrogen) atoms. The molecule has 2 N–H and O–H groups in total. The molecule has 1 saturated heterocycles. The SMILES string of the molecule is CN(C)c1ccc(/C=C2\NC(=S)NC2=O)cc1. The fourth-order valence-electron chi connectivity index (χ4n) is 1.52. The van der Waals surface area contributed by atoms with E-state index in [9.17, 15) is 4.79 Å². The highest BCUT2D eigenvalue weighted by Gasteiger charge is 2.19. The molecule has 0 bridgehead atoms. The van der Waals surface area contributed by atoms with Gasteiger partial charge in [-0.15, -0.1) is 0 Å². The summed E-state index contributed by atoms with van der Waals surface area (Å²) in [4.78, 5) is 13.4. The molecule has 0 aliphatic carbocycles. The van der Waals surface area contributed by atoms with Crippen LogP contribution in [0.4, 0.5) is 5.69 Å². The number of hydrogen-bond acceptors (Lipinski definition) is 3. The van der Waals surface area contributed by atoms with Crippen molar-refractivity contribution in [3.8, 4) is 0 Å². The maximum atomic E-state index is 11.4. The van der Waals surface area contributed by atoms with Gasteiger partial charge in [0.05, 0.1) is 0 Å². The van der Waals surface area contributed by atoms with Crippen LogP contribution in [-0.4, -0.2) is 25.1 Å². The summed E-state index contributed by atoms with van der Waals surface area (Å²) in [5.74, 6) is -0.188. The average Bonchev–Trinajstić information content (AvgIpc) is 2.58. The summed E-state index contributed by atoms with van der Waals surface area (Å²) in [6.07, 6.45) is 1.77. The zero-order valence-electron chi connectivity index (χ0n) is 9.65. The molecule has 1 aliphatic rings. The minimum atomic E-state index is -0.188. The van der Waals surface area contributed by atoms with Crippen LogP contribution in [0, 0.1) is 0 Å². The Morgan fingerprint density at radius 2 is 1.82 bits per heavy atom. The van der Waals surface area contributed by atoms with Crippen LogP contribution in [0.2, 0.25) is 0 Å². The van der Waals surface area contributed by atoms with E-state index >= 15 is 0 Å². The molecule has 1 amide bonds. The number of nitrogens with one attached hydrogen (secondary N) is 2. The zero-order chi connectivity index (χ0) is 12.4. The third-order valence-corrected chi connectivity index (χ3v) is 2.64. The first-order valence-electron chi connectivity index (χ1n) is 5.17. The van der Waals surface area contributed by atoms with Gasteiger partial charge >= 0.3 is 0 Å². The minimum absolute atomic E-state index is 0.188. The number of anilines is 1. The Bertz CT molecular complexity index is 491. The van der Waals surface area contributed by atoms with Gasteiger partial charge in [-0.05, 0) is 36.0 Å². The van der Waals surface area contributed by atoms with Crippen LogP contribution in [0.15, 0.2) is 30.0 Å². The van der Waals surface area contributed by atoms with Crippen LogP contribution in [0.1, 0.15) is 5.56 Å². The quantitative estimate of drug-likeness (QED) is 0.607. The Morgan fingerprint density at radius 1 is 1.18 bits per heavy atom. The Labute approximate surface area is 105 Å². The van der Waals surface area contributed by atoms with E-state index in [0.29, 0.717) is 10.8 Å². The van der Waals surface area contributed by atoms with E-state index in [0.717, 1.165) is 11.3 Å². The second-order valence-corrected chi connectivity index (χ2v) is 4.36. The molecule has 1 aromatic rings. The van der Waals surface area contributed by atoms with Gasteiger partial charge in [0, 0.05) is 19.8 Å². The fourth-order valence-corrected chi connectivity index (χ4v) is 1.72. The fraction of sp³-hybridized carbons (Fsp3) is 0.167. The summed E-state index contributed by atoms with van der Waals surface area (Å²) < 4.78 is 0. The summed E-state index contributed by atoms with van der Waals surface area (Å²) >= 11 is 4.85. The van der Waals surface area contributed by atoms with Crippen LogP contribution >= 0.6 is 12.2 Å². The van der Waals surface area contributed by atoms with Crippen molar-refractivity contribution >= 4 is 35.0 Å². The van der Waals surface area contributed by atoms with E-state index in [4.69, 9.17) is 12.2 Å². The number of benzene rings is 1. The smallest absolute Gasteiger partial charge is 0.273 e. The summed E-state index contributed by atoms with van der Waals surface area (Å²) in [5.41, 5.74) is 2.55. The van der Waals surface area contributed by atoms with Gasteiger partial charge in [0.25, 0.3) is 5.91 Å². The van der Waals surface area contributed by atoms with Gasteiger partial charge in [0.15, 0.2) is 5.11 Å². The molecular weight excluding hydrogens is 234 g/mol. The van der Waals surface area contributed by atoms with Gasteiger partial charge in [-0.1, -0.05) is 12.1 Å². The number of hydrogen-bond donors (Lipinski definition) is 2. The third-order valence-electron chi connectivity index (χ3n) is 2.44. The second kappa shape index (κ2) is 4.55. The molecule has 1 aliphatic heterocycles. The van der Waals surface area contributed by atoms with Crippen molar-refractivity contribution in [2.75, 3.05) is 19.0 Å². The summed E-state index contributed by atoms with van der Waals surface area (Å²) in [5, 5.41) is 5.69. The van der Waals surface area contributed by atoms with Crippen LogP contribution in [-0.2, 0) is 4.79 Å². The lowest BCUT2D eigenvalue weighted by Crippen LogP contribution is -2.21. The van der Waals surface area contributed by atoms with Crippen molar-refractivity contribution in [3.63, 3.8) is 0 Å². The van der Waals surface area contributed by atoms with E-state index < -0.39 is 0 Å². The largest absolute Gasteiger partial charge is 0.378 e. The number of nitrogens with zero attached hydrogens (tertiary/aromatic N) is 1. The van der Waals surface area contributed by atoms with Crippen molar-refractivity contribution in [1.82, 2.24) is 10.6 Å². The third kappa shape index (κ3) is 2.62. The number of amides is 1. The van der Waals surface area contributed by atoms with E-state index in [-0.39, 0.29) is 5.91 Å². The lowest BCUT2D eigenvalue weighted by atomic mass is 10.1. The second-order valence-electron chi connectivity index (χ2n) is 3.95. The molecular formula is C12H13N3OS. The van der Waals surface area contributed by atoms with Gasteiger partial charge < -0.3 is 10.2 Å². The Balaban J connectivity index is 2.21. The first-order valence-corrected chi connectivity index (χ1v) is 5.58. The monoisotopic (exact) mass is 247 g/mol. The van der Waals surface area contributed by atoms with Crippen molar-refractivity contribution in [3.05, 3.63) is 35.5 Å². The van der Waals surface area contributed by atoms with E-state index in [1.54, 1.807) is 6.08 Å². The van der Waals surface area contributed by atoms with E-state index in [1.807, 2.05) is 43.3 Å². The zero-order valence-corrected chi connectivity index (χ0v) is 10.5. The first kappa shape index (κ1) is 11.6. The lowest BCUT2D eigenvalue weighted by Gasteiger charge is -2.11. The molecule has 0 spiro atoms. The Morgan fingerprint density at radius 3 is 2.29 bits per heavy atom. The molecule has 88 valence electrons. The summed E-state index contributed by atoms with van der Waals surface area (Å²) in [6, 6.07) is 7.91. The van der Waals surface area contributed by atoms with Crippen LogP contribution in [0.5, 0.6) is 0 Å². The van der Waals surface area contributed by atoms with E-state index in [1.165, 1.54) is 0 Å². The summed E-state index contributed by atoms with van der Waals surface area (Å²) in [6.45, 7) is 0.